The first-order chi connectivity index (χ1) is 31.7. The molecule has 12 rings (SSSR count). The number of hydrogen-bond donors (Lipinski definition) is 0. The van der Waals surface area contributed by atoms with Crippen molar-refractivity contribution in [2.45, 2.75) is 19.6 Å². The maximum Gasteiger partial charge on any atom is 0.164 e. The van der Waals surface area contributed by atoms with Crippen molar-refractivity contribution in [2.24, 2.45) is 0 Å². The van der Waals surface area contributed by atoms with Crippen LogP contribution in [0.4, 0.5) is 0 Å². The number of rotatable bonds is 8. The summed E-state index contributed by atoms with van der Waals surface area (Å²) in [7, 11) is -1.95. The lowest BCUT2D eigenvalue weighted by Gasteiger charge is -2.42. The van der Waals surface area contributed by atoms with Crippen molar-refractivity contribution < 1.29 is 4.42 Å². The molecule has 4 nitrogen and oxygen atoms in total. The van der Waals surface area contributed by atoms with Crippen LogP contribution in [0.15, 0.2) is 261 Å². The molecule has 12 aromatic rings. The normalized spacial score (nSPS) is 12.0. The predicted molar refractivity (Wildman–Crippen MR) is 264 cm³/mol. The molecule has 0 radical (unpaired) electrons. The summed E-state index contributed by atoms with van der Waals surface area (Å²) in [6.07, 6.45) is 0. The summed E-state index contributed by atoms with van der Waals surface area (Å²) >= 11 is 0. The summed E-state index contributed by atoms with van der Waals surface area (Å²) in [5.74, 6) is 1.82. The summed E-state index contributed by atoms with van der Waals surface area (Å²) < 4.78 is 6.48. The van der Waals surface area contributed by atoms with E-state index in [2.05, 4.69) is 237 Å². The molecule has 302 valence electrons. The third-order valence-electron chi connectivity index (χ3n) is 12.2. The molecule has 0 aliphatic rings. The Morgan fingerprint density at radius 3 is 1.45 bits per heavy atom. The van der Waals surface area contributed by atoms with E-state index in [1.165, 1.54) is 30.4 Å². The fraction of sp³-hybridized carbons (Fsp3) is 0. The summed E-state index contributed by atoms with van der Waals surface area (Å²) in [6, 6.07) is 84.1. The van der Waals surface area contributed by atoms with Gasteiger partial charge in [-0.3, -0.25) is 0 Å². The number of nitrogens with zero attached hydrogens (tertiary/aromatic N) is 3. The molecule has 2 aromatic heterocycles. The molecule has 0 N–H and O–H groups in total. The minimum absolute atomic E-state index is 0.600. The highest BCUT2D eigenvalue weighted by Crippen LogP contribution is 2.73. The van der Waals surface area contributed by atoms with Crippen molar-refractivity contribution in [3.05, 3.63) is 237 Å². The summed E-state index contributed by atoms with van der Waals surface area (Å²) in [5.41, 5.74) is 6.61. The Labute approximate surface area is 372 Å². The smallest absolute Gasteiger partial charge is 0.164 e. The Morgan fingerprint density at radius 2 is 0.781 bits per heavy atom. The Morgan fingerprint density at radius 1 is 0.297 bits per heavy atom. The predicted octanol–water partition coefficient (Wildman–Crippen LogP) is 16.1. The van der Waals surface area contributed by atoms with Crippen LogP contribution in [0, 0.1) is 0 Å². The lowest BCUT2D eigenvalue weighted by atomic mass is 9.96. The van der Waals surface area contributed by atoms with E-state index in [0.717, 1.165) is 60.5 Å². The second-order valence-corrected chi connectivity index (χ2v) is 19.1. The van der Waals surface area contributed by atoms with E-state index in [-0.39, 0.29) is 0 Å². The molecule has 2 heterocycles. The Bertz CT molecular complexity index is 3580. The first-order valence-corrected chi connectivity index (χ1v) is 23.1. The molecule has 0 saturated carbocycles. The summed E-state index contributed by atoms with van der Waals surface area (Å²) in [6.45, 7) is 0. The van der Waals surface area contributed by atoms with E-state index < -0.39 is 10.0 Å². The van der Waals surface area contributed by atoms with Crippen LogP contribution in [0.5, 0.6) is 0 Å². The second-order valence-electron chi connectivity index (χ2n) is 16.0. The van der Waals surface area contributed by atoms with Crippen LogP contribution in [0.2, 0.25) is 0 Å². The van der Waals surface area contributed by atoms with Crippen molar-refractivity contribution in [3.8, 4) is 45.3 Å². The molecule has 0 spiro atoms. The average molecular weight is 838 g/mol. The fourth-order valence-electron chi connectivity index (χ4n) is 9.26. The Hall–Kier alpha value is -8.12. The molecule has 0 saturated heterocycles. The van der Waals surface area contributed by atoms with E-state index in [0.29, 0.717) is 17.5 Å². The van der Waals surface area contributed by atoms with Gasteiger partial charge < -0.3 is 4.42 Å². The lowest BCUT2D eigenvalue weighted by Crippen LogP contribution is -2.06. The van der Waals surface area contributed by atoms with Gasteiger partial charge in [-0.15, -0.1) is 10.0 Å². The van der Waals surface area contributed by atoms with Gasteiger partial charge in [0.05, 0.1) is 0 Å². The van der Waals surface area contributed by atoms with Gasteiger partial charge in [0.25, 0.3) is 0 Å². The quantitative estimate of drug-likeness (QED) is 0.153. The van der Waals surface area contributed by atoms with E-state index in [4.69, 9.17) is 19.4 Å². The third kappa shape index (κ3) is 6.36. The first-order valence-electron chi connectivity index (χ1n) is 21.5. The number of fused-ring (bicyclic) bond motifs is 6. The van der Waals surface area contributed by atoms with Gasteiger partial charge in [-0.2, -0.15) is 0 Å². The highest BCUT2D eigenvalue weighted by molar-refractivity contribution is 8.34. The van der Waals surface area contributed by atoms with Gasteiger partial charge in [-0.25, -0.2) is 15.0 Å². The van der Waals surface area contributed by atoms with Gasteiger partial charge in [-0.05, 0) is 105 Å². The zero-order valence-electron chi connectivity index (χ0n) is 34.7. The molecule has 0 amide bonds. The van der Waals surface area contributed by atoms with Crippen LogP contribution in [-0.2, 0) is 0 Å². The van der Waals surface area contributed by atoms with Crippen molar-refractivity contribution in [3.63, 3.8) is 0 Å². The Balaban J connectivity index is 1.07. The third-order valence-corrected chi connectivity index (χ3v) is 16.1. The standard InChI is InChI=1S/C59H39N3OS/c1-4-23-47(24-5-1)64(48-25-6-2-7-26-48,49-27-8-3-9-28-49)50-29-15-22-45(39-50)58-60-57(61-59(62-58)46-34-33-40-17-10-11-19-42(40)37-46)44-21-14-20-43(38-44)52-31-16-32-53-56(52)55-51-30-13-12-18-41(51)35-36-54(55)63-53/h1-39H. The van der Waals surface area contributed by atoms with E-state index >= 15 is 0 Å². The van der Waals surface area contributed by atoms with Crippen LogP contribution >= 0.6 is 10.0 Å². The van der Waals surface area contributed by atoms with Crippen molar-refractivity contribution in [1.82, 2.24) is 15.0 Å². The molecule has 10 aromatic carbocycles. The molecule has 0 bridgehead atoms. The van der Waals surface area contributed by atoms with E-state index in [9.17, 15) is 0 Å². The number of aromatic nitrogens is 3. The van der Waals surface area contributed by atoms with E-state index in [1.54, 1.807) is 0 Å². The molecule has 0 atom stereocenters. The average Bonchev–Trinajstić information content (AvgIpc) is 3.77. The summed E-state index contributed by atoms with van der Waals surface area (Å²) in [5, 5.41) is 6.86. The highest BCUT2D eigenvalue weighted by Gasteiger charge is 2.33. The van der Waals surface area contributed by atoms with Crippen LogP contribution in [0.25, 0.3) is 88.8 Å². The largest absolute Gasteiger partial charge is 0.456 e. The van der Waals surface area contributed by atoms with Crippen LogP contribution in [0.1, 0.15) is 0 Å². The van der Waals surface area contributed by atoms with Crippen LogP contribution in [0.3, 0.4) is 0 Å². The number of benzene rings is 10. The maximum atomic E-state index is 6.48. The minimum Gasteiger partial charge on any atom is -0.456 e. The Kier molecular flexibility index (Phi) is 9.20. The first kappa shape index (κ1) is 37.6. The van der Waals surface area contributed by atoms with Gasteiger partial charge >= 0.3 is 0 Å². The zero-order valence-corrected chi connectivity index (χ0v) is 35.5. The van der Waals surface area contributed by atoms with Crippen molar-refractivity contribution >= 4 is 53.5 Å². The molecule has 0 fully saturated rings. The SMILES string of the molecule is c1ccc(S(c2ccccc2)(c2ccccc2)c2cccc(-c3nc(-c4cccc(-c5cccc6oc7ccc8ccccc8c7c56)c4)nc(-c4ccc5ccccc5c4)n3)c2)cc1. The van der Waals surface area contributed by atoms with Crippen LogP contribution < -0.4 is 0 Å². The van der Waals surface area contributed by atoms with Gasteiger partial charge in [0.1, 0.15) is 11.2 Å². The van der Waals surface area contributed by atoms with Gasteiger partial charge in [0, 0.05) is 47.0 Å². The zero-order chi connectivity index (χ0) is 42.5. The van der Waals surface area contributed by atoms with Gasteiger partial charge in [-0.1, -0.05) is 164 Å². The minimum atomic E-state index is -1.95. The highest BCUT2D eigenvalue weighted by atomic mass is 32.3. The fourth-order valence-corrected chi connectivity index (χ4v) is 13.2. The lowest BCUT2D eigenvalue weighted by molar-refractivity contribution is 0.669. The van der Waals surface area contributed by atoms with Gasteiger partial charge in [0.15, 0.2) is 17.5 Å². The molecular formula is C59H39N3OS. The number of furan rings is 1. The molecule has 0 aliphatic heterocycles. The van der Waals surface area contributed by atoms with Crippen molar-refractivity contribution in [2.75, 3.05) is 0 Å². The van der Waals surface area contributed by atoms with Gasteiger partial charge in [0.2, 0.25) is 0 Å². The molecule has 64 heavy (non-hydrogen) atoms. The molecule has 0 aliphatic carbocycles. The molecule has 0 unspecified atom stereocenters. The topological polar surface area (TPSA) is 51.8 Å². The molecular weight excluding hydrogens is 799 g/mol. The van der Waals surface area contributed by atoms with Crippen molar-refractivity contribution in [1.29, 1.82) is 0 Å². The maximum absolute atomic E-state index is 6.48. The monoisotopic (exact) mass is 837 g/mol. The number of hydrogen-bond acceptors (Lipinski definition) is 4. The van der Waals surface area contributed by atoms with Crippen LogP contribution in [-0.4, -0.2) is 15.0 Å². The molecule has 5 heteroatoms. The second kappa shape index (κ2) is 15.7. The van der Waals surface area contributed by atoms with E-state index in [1.807, 2.05) is 0 Å². The summed E-state index contributed by atoms with van der Waals surface area (Å²) in [4.78, 5) is 20.9.